The molecular formula is C14H17FN2O2. The van der Waals surface area contributed by atoms with E-state index in [1.165, 1.54) is 6.07 Å². The fourth-order valence-corrected chi connectivity index (χ4v) is 2.16. The van der Waals surface area contributed by atoms with Crippen molar-refractivity contribution in [2.24, 2.45) is 0 Å². The normalized spacial score (nSPS) is 17.9. The van der Waals surface area contributed by atoms with Gasteiger partial charge in [0.2, 0.25) is 0 Å². The molecule has 0 aromatic heterocycles. The van der Waals surface area contributed by atoms with Crippen molar-refractivity contribution in [3.05, 3.63) is 35.1 Å². The van der Waals surface area contributed by atoms with E-state index in [0.717, 1.165) is 0 Å². The molecule has 0 spiro atoms. The van der Waals surface area contributed by atoms with Crippen molar-refractivity contribution in [2.45, 2.75) is 25.0 Å². The molecule has 1 aliphatic heterocycles. The van der Waals surface area contributed by atoms with Crippen LogP contribution in [0.1, 0.15) is 24.0 Å². The van der Waals surface area contributed by atoms with Crippen molar-refractivity contribution in [2.75, 3.05) is 19.8 Å². The number of rotatable bonds is 4. The molecule has 2 rings (SSSR count). The number of hydrogen-bond acceptors (Lipinski definition) is 4. The summed E-state index contributed by atoms with van der Waals surface area (Å²) in [6, 6.07) is 6.55. The molecule has 1 fully saturated rings. The Morgan fingerprint density at radius 1 is 1.42 bits per heavy atom. The minimum Gasteiger partial charge on any atom is -0.388 e. The minimum absolute atomic E-state index is 0.0454. The number of benzene rings is 1. The van der Waals surface area contributed by atoms with Crippen LogP contribution in [0.3, 0.4) is 0 Å². The molecule has 0 aliphatic carbocycles. The van der Waals surface area contributed by atoms with Crippen molar-refractivity contribution < 1.29 is 14.2 Å². The Kier molecular flexibility index (Phi) is 4.48. The molecule has 0 atom stereocenters. The van der Waals surface area contributed by atoms with Crippen molar-refractivity contribution in [3.8, 4) is 6.07 Å². The fraction of sp³-hybridized carbons (Fsp3) is 0.500. The van der Waals surface area contributed by atoms with Gasteiger partial charge in [0.05, 0.1) is 11.2 Å². The second-order valence-corrected chi connectivity index (χ2v) is 4.83. The first-order valence-electron chi connectivity index (χ1n) is 6.33. The predicted molar refractivity (Wildman–Crippen MR) is 67.8 cm³/mol. The highest BCUT2D eigenvalue weighted by Crippen LogP contribution is 2.19. The maximum Gasteiger partial charge on any atom is 0.145 e. The second-order valence-electron chi connectivity index (χ2n) is 4.83. The van der Waals surface area contributed by atoms with E-state index in [1.807, 2.05) is 6.07 Å². The van der Waals surface area contributed by atoms with Crippen LogP contribution in [-0.2, 0) is 11.3 Å². The topological polar surface area (TPSA) is 65.3 Å². The zero-order valence-electron chi connectivity index (χ0n) is 10.7. The van der Waals surface area contributed by atoms with E-state index in [-0.39, 0.29) is 5.56 Å². The van der Waals surface area contributed by atoms with Gasteiger partial charge in [0.15, 0.2) is 0 Å². The van der Waals surface area contributed by atoms with E-state index >= 15 is 0 Å². The number of ether oxygens (including phenoxy) is 1. The molecule has 0 amide bonds. The summed E-state index contributed by atoms with van der Waals surface area (Å²) in [4.78, 5) is 0. The van der Waals surface area contributed by atoms with Gasteiger partial charge < -0.3 is 15.2 Å². The Hall–Kier alpha value is -1.48. The van der Waals surface area contributed by atoms with Crippen LogP contribution in [0.25, 0.3) is 0 Å². The van der Waals surface area contributed by atoms with Gasteiger partial charge in [0, 0.05) is 44.7 Å². The molecule has 1 saturated heterocycles. The van der Waals surface area contributed by atoms with Crippen LogP contribution < -0.4 is 5.32 Å². The molecule has 2 N–H and O–H groups in total. The molecule has 1 aromatic rings. The standard InChI is InChI=1S/C14H17FN2O2/c15-13-11(8-16)2-1-3-12(13)9-17-10-14(18)4-6-19-7-5-14/h1-3,17-18H,4-7,9-10H2. The lowest BCUT2D eigenvalue weighted by molar-refractivity contribution is -0.0617. The quantitative estimate of drug-likeness (QED) is 0.861. The van der Waals surface area contributed by atoms with E-state index in [4.69, 9.17) is 10.00 Å². The highest BCUT2D eigenvalue weighted by atomic mass is 19.1. The Morgan fingerprint density at radius 3 is 2.84 bits per heavy atom. The van der Waals surface area contributed by atoms with Gasteiger partial charge in [-0.25, -0.2) is 4.39 Å². The zero-order valence-corrected chi connectivity index (χ0v) is 10.7. The Morgan fingerprint density at radius 2 is 2.16 bits per heavy atom. The molecule has 19 heavy (non-hydrogen) atoms. The smallest absolute Gasteiger partial charge is 0.145 e. The summed E-state index contributed by atoms with van der Waals surface area (Å²) < 4.78 is 19.0. The summed E-state index contributed by atoms with van der Waals surface area (Å²) in [5.74, 6) is -0.489. The van der Waals surface area contributed by atoms with Crippen molar-refractivity contribution in [1.82, 2.24) is 5.32 Å². The SMILES string of the molecule is N#Cc1cccc(CNCC2(O)CCOCC2)c1F. The van der Waals surface area contributed by atoms with Crippen LogP contribution >= 0.6 is 0 Å². The van der Waals surface area contributed by atoms with Gasteiger partial charge in [-0.2, -0.15) is 5.26 Å². The van der Waals surface area contributed by atoms with E-state index < -0.39 is 11.4 Å². The van der Waals surface area contributed by atoms with Gasteiger partial charge in [0.1, 0.15) is 11.9 Å². The molecule has 5 heteroatoms. The van der Waals surface area contributed by atoms with Crippen molar-refractivity contribution >= 4 is 0 Å². The van der Waals surface area contributed by atoms with E-state index in [0.29, 0.717) is 44.7 Å². The average molecular weight is 264 g/mol. The van der Waals surface area contributed by atoms with Crippen molar-refractivity contribution in [3.63, 3.8) is 0 Å². The number of hydrogen-bond donors (Lipinski definition) is 2. The van der Waals surface area contributed by atoms with Crippen LogP contribution in [0, 0.1) is 17.1 Å². The van der Waals surface area contributed by atoms with Crippen molar-refractivity contribution in [1.29, 1.82) is 5.26 Å². The Balaban J connectivity index is 1.91. The van der Waals surface area contributed by atoms with Crippen LogP contribution in [0.5, 0.6) is 0 Å². The van der Waals surface area contributed by atoms with Crippen LogP contribution in [0.4, 0.5) is 4.39 Å². The fourth-order valence-electron chi connectivity index (χ4n) is 2.16. The maximum atomic E-state index is 13.8. The van der Waals surface area contributed by atoms with Crippen LogP contribution in [0.15, 0.2) is 18.2 Å². The largest absolute Gasteiger partial charge is 0.388 e. The maximum absolute atomic E-state index is 13.8. The number of nitrogens with one attached hydrogen (secondary N) is 1. The summed E-state index contributed by atoms with van der Waals surface area (Å²) in [5, 5.41) is 22.0. The Bertz CT molecular complexity index is 479. The molecule has 1 aliphatic rings. The zero-order chi connectivity index (χ0) is 13.7. The number of aliphatic hydroxyl groups is 1. The molecule has 0 saturated carbocycles. The molecule has 4 nitrogen and oxygen atoms in total. The summed E-state index contributed by atoms with van der Waals surface area (Å²) in [5.41, 5.74) is -0.291. The molecule has 102 valence electrons. The lowest BCUT2D eigenvalue weighted by Crippen LogP contribution is -2.44. The molecule has 0 bridgehead atoms. The second kappa shape index (κ2) is 6.11. The molecule has 1 heterocycles. The third kappa shape index (κ3) is 3.51. The summed E-state index contributed by atoms with van der Waals surface area (Å²) >= 11 is 0. The van der Waals surface area contributed by atoms with Crippen LogP contribution in [-0.4, -0.2) is 30.5 Å². The average Bonchev–Trinajstić information content (AvgIpc) is 2.41. The van der Waals surface area contributed by atoms with E-state index in [2.05, 4.69) is 5.32 Å². The first-order chi connectivity index (χ1) is 9.14. The van der Waals surface area contributed by atoms with Gasteiger partial charge in [-0.15, -0.1) is 0 Å². The number of nitrogens with zero attached hydrogens (tertiary/aromatic N) is 1. The summed E-state index contributed by atoms with van der Waals surface area (Å²) in [7, 11) is 0. The highest BCUT2D eigenvalue weighted by molar-refractivity contribution is 5.34. The third-order valence-electron chi connectivity index (χ3n) is 3.39. The molecule has 1 aromatic carbocycles. The predicted octanol–water partition coefficient (Wildman–Crippen LogP) is 1.33. The number of halogens is 1. The number of nitriles is 1. The lowest BCUT2D eigenvalue weighted by Gasteiger charge is -2.32. The van der Waals surface area contributed by atoms with Gasteiger partial charge in [-0.1, -0.05) is 12.1 Å². The highest BCUT2D eigenvalue weighted by Gasteiger charge is 2.29. The van der Waals surface area contributed by atoms with Gasteiger partial charge in [0.25, 0.3) is 0 Å². The minimum atomic E-state index is -0.776. The van der Waals surface area contributed by atoms with Crippen LogP contribution in [0.2, 0.25) is 0 Å². The van der Waals surface area contributed by atoms with Gasteiger partial charge in [-0.05, 0) is 6.07 Å². The molecular weight excluding hydrogens is 247 g/mol. The monoisotopic (exact) mass is 264 g/mol. The van der Waals surface area contributed by atoms with Gasteiger partial charge >= 0.3 is 0 Å². The van der Waals surface area contributed by atoms with E-state index in [9.17, 15) is 9.50 Å². The summed E-state index contributed by atoms with van der Waals surface area (Å²) in [6.07, 6.45) is 1.17. The first-order valence-corrected chi connectivity index (χ1v) is 6.33. The molecule has 0 unspecified atom stereocenters. The summed E-state index contributed by atoms with van der Waals surface area (Å²) in [6.45, 7) is 1.80. The third-order valence-corrected chi connectivity index (χ3v) is 3.39. The Labute approximate surface area is 111 Å². The lowest BCUT2D eigenvalue weighted by atomic mass is 9.94. The van der Waals surface area contributed by atoms with E-state index in [1.54, 1.807) is 12.1 Å². The first kappa shape index (κ1) is 13.9. The van der Waals surface area contributed by atoms with Gasteiger partial charge in [-0.3, -0.25) is 0 Å². The molecule has 0 radical (unpaired) electrons.